The number of aliphatic carboxylic acids is 1. The number of hydrogen-bond acceptors (Lipinski definition) is 4. The molecule has 0 atom stereocenters. The molecule has 7 heteroatoms. The van der Waals surface area contributed by atoms with Gasteiger partial charge in [-0.05, 0) is 18.2 Å². The molecule has 0 saturated carbocycles. The molecule has 0 amide bonds. The molecule has 94 valence electrons. The fraction of sp³-hybridized carbons (Fsp3) is 0.0909. The average Bonchev–Trinajstić information content (AvgIpc) is 2.69. The van der Waals surface area contributed by atoms with E-state index in [2.05, 4.69) is 26.2 Å². The zero-order valence-electron chi connectivity index (χ0n) is 8.98. The zero-order chi connectivity index (χ0) is 13.1. The number of thiazole rings is 1. The van der Waals surface area contributed by atoms with Crippen LogP contribution in [0.2, 0.25) is 5.02 Å². The van der Waals surface area contributed by atoms with Crippen LogP contribution in [0.4, 0.5) is 10.8 Å². The van der Waals surface area contributed by atoms with E-state index >= 15 is 0 Å². The van der Waals surface area contributed by atoms with Crippen molar-refractivity contribution in [1.29, 1.82) is 0 Å². The third-order valence-corrected chi connectivity index (χ3v) is 3.67. The number of rotatable bonds is 4. The molecule has 0 spiro atoms. The van der Waals surface area contributed by atoms with Gasteiger partial charge in [0.1, 0.15) is 0 Å². The maximum Gasteiger partial charge on any atom is 0.309 e. The Morgan fingerprint density at radius 1 is 1.56 bits per heavy atom. The van der Waals surface area contributed by atoms with Crippen LogP contribution in [0.15, 0.2) is 28.1 Å². The highest BCUT2D eigenvalue weighted by Crippen LogP contribution is 2.29. The summed E-state index contributed by atoms with van der Waals surface area (Å²) in [6, 6.07) is 5.46. The molecule has 1 aromatic carbocycles. The Morgan fingerprint density at radius 2 is 2.33 bits per heavy atom. The van der Waals surface area contributed by atoms with Gasteiger partial charge < -0.3 is 10.4 Å². The third kappa shape index (κ3) is 3.44. The maximum atomic E-state index is 10.5. The lowest BCUT2D eigenvalue weighted by Crippen LogP contribution is -2.00. The normalized spacial score (nSPS) is 10.3. The Kier molecular flexibility index (Phi) is 4.21. The standard InChI is InChI=1S/C11H8BrClN2O2S/c12-6-1-2-9(8(13)3-6)15-11-14-7(5-18-11)4-10(16)17/h1-3,5H,4H2,(H,14,15)(H,16,17). The predicted octanol–water partition coefficient (Wildman–Crippen LogP) is 3.93. The molecular weight excluding hydrogens is 340 g/mol. The summed E-state index contributed by atoms with van der Waals surface area (Å²) in [5.41, 5.74) is 1.26. The van der Waals surface area contributed by atoms with E-state index in [4.69, 9.17) is 16.7 Å². The minimum absolute atomic E-state index is 0.0771. The Morgan fingerprint density at radius 3 is 3.00 bits per heavy atom. The van der Waals surface area contributed by atoms with Crippen molar-refractivity contribution in [3.05, 3.63) is 38.8 Å². The maximum absolute atomic E-state index is 10.5. The molecule has 1 heterocycles. The summed E-state index contributed by atoms with van der Waals surface area (Å²) in [6.07, 6.45) is -0.0771. The Hall–Kier alpha value is -1.11. The summed E-state index contributed by atoms with van der Waals surface area (Å²) >= 11 is 10.7. The summed E-state index contributed by atoms with van der Waals surface area (Å²) in [5.74, 6) is -0.895. The van der Waals surface area contributed by atoms with E-state index in [1.54, 1.807) is 11.4 Å². The van der Waals surface area contributed by atoms with Gasteiger partial charge in [0.05, 0.1) is 22.8 Å². The van der Waals surface area contributed by atoms with Crippen molar-refractivity contribution in [1.82, 2.24) is 4.98 Å². The Labute approximate surface area is 121 Å². The SMILES string of the molecule is O=C(O)Cc1csc(Nc2ccc(Br)cc2Cl)n1. The molecule has 2 N–H and O–H groups in total. The van der Waals surface area contributed by atoms with Crippen molar-refractivity contribution in [3.63, 3.8) is 0 Å². The third-order valence-electron chi connectivity index (χ3n) is 2.06. The number of anilines is 2. The van der Waals surface area contributed by atoms with Gasteiger partial charge in [-0.1, -0.05) is 27.5 Å². The largest absolute Gasteiger partial charge is 0.481 e. The first-order valence-electron chi connectivity index (χ1n) is 4.93. The van der Waals surface area contributed by atoms with E-state index in [-0.39, 0.29) is 6.42 Å². The van der Waals surface area contributed by atoms with Crippen molar-refractivity contribution in [2.45, 2.75) is 6.42 Å². The van der Waals surface area contributed by atoms with Crippen molar-refractivity contribution in [3.8, 4) is 0 Å². The van der Waals surface area contributed by atoms with Crippen molar-refractivity contribution in [2.75, 3.05) is 5.32 Å². The highest BCUT2D eigenvalue weighted by Gasteiger charge is 2.08. The van der Waals surface area contributed by atoms with Crippen LogP contribution in [-0.2, 0) is 11.2 Å². The first kappa shape index (κ1) is 13.3. The molecule has 0 aliphatic rings. The van der Waals surface area contributed by atoms with Crippen molar-refractivity contribution in [2.24, 2.45) is 0 Å². The number of carboxylic acids is 1. The van der Waals surface area contributed by atoms with E-state index in [1.807, 2.05) is 12.1 Å². The molecule has 0 fully saturated rings. The molecule has 18 heavy (non-hydrogen) atoms. The van der Waals surface area contributed by atoms with Crippen LogP contribution in [0.3, 0.4) is 0 Å². The molecule has 0 saturated heterocycles. The average molecular weight is 348 g/mol. The number of carboxylic acid groups (broad SMARTS) is 1. The molecule has 4 nitrogen and oxygen atoms in total. The number of aromatic nitrogens is 1. The van der Waals surface area contributed by atoms with Crippen LogP contribution in [-0.4, -0.2) is 16.1 Å². The number of hydrogen-bond donors (Lipinski definition) is 2. The van der Waals surface area contributed by atoms with Crippen molar-refractivity contribution >= 4 is 55.7 Å². The van der Waals surface area contributed by atoms with E-state index in [0.717, 1.165) is 10.2 Å². The Bertz CT molecular complexity index is 588. The van der Waals surface area contributed by atoms with Crippen LogP contribution in [0.25, 0.3) is 0 Å². The second kappa shape index (κ2) is 5.69. The van der Waals surface area contributed by atoms with Gasteiger partial charge in [0.25, 0.3) is 0 Å². The number of benzene rings is 1. The molecule has 0 aliphatic heterocycles. The number of carbonyl (C=O) groups is 1. The lowest BCUT2D eigenvalue weighted by Gasteiger charge is -2.05. The molecule has 0 unspecified atom stereocenters. The van der Waals surface area contributed by atoms with Gasteiger partial charge in [0.2, 0.25) is 0 Å². The molecule has 0 bridgehead atoms. The highest BCUT2D eigenvalue weighted by molar-refractivity contribution is 9.10. The molecular formula is C11H8BrClN2O2S. The molecule has 1 aromatic heterocycles. The smallest absolute Gasteiger partial charge is 0.309 e. The van der Waals surface area contributed by atoms with Crippen LogP contribution >= 0.6 is 38.9 Å². The van der Waals surface area contributed by atoms with Gasteiger partial charge in [-0.3, -0.25) is 4.79 Å². The summed E-state index contributed by atoms with van der Waals surface area (Å²) in [7, 11) is 0. The van der Waals surface area contributed by atoms with Crippen LogP contribution < -0.4 is 5.32 Å². The lowest BCUT2D eigenvalue weighted by molar-refractivity contribution is -0.136. The quantitative estimate of drug-likeness (QED) is 0.879. The molecule has 0 aliphatic carbocycles. The lowest BCUT2D eigenvalue weighted by atomic mass is 10.3. The number of nitrogens with one attached hydrogen (secondary N) is 1. The van der Waals surface area contributed by atoms with E-state index in [0.29, 0.717) is 15.8 Å². The van der Waals surface area contributed by atoms with Gasteiger partial charge in [-0.15, -0.1) is 11.3 Å². The number of halogens is 2. The van der Waals surface area contributed by atoms with E-state index in [1.165, 1.54) is 11.3 Å². The van der Waals surface area contributed by atoms with Crippen molar-refractivity contribution < 1.29 is 9.90 Å². The van der Waals surface area contributed by atoms with Gasteiger partial charge in [0.15, 0.2) is 5.13 Å². The Balaban J connectivity index is 2.13. The van der Waals surface area contributed by atoms with Crippen LogP contribution in [0, 0.1) is 0 Å². The molecule has 0 radical (unpaired) electrons. The van der Waals surface area contributed by atoms with Crippen LogP contribution in [0.5, 0.6) is 0 Å². The summed E-state index contributed by atoms with van der Waals surface area (Å²) in [6.45, 7) is 0. The predicted molar refractivity (Wildman–Crippen MR) is 75.9 cm³/mol. The second-order valence-electron chi connectivity index (χ2n) is 3.46. The fourth-order valence-corrected chi connectivity index (χ4v) is 2.75. The van der Waals surface area contributed by atoms with Gasteiger partial charge in [-0.25, -0.2) is 4.98 Å². The summed E-state index contributed by atoms with van der Waals surface area (Å²) in [4.78, 5) is 14.7. The van der Waals surface area contributed by atoms with Gasteiger partial charge >= 0.3 is 5.97 Å². The number of nitrogens with zero attached hydrogens (tertiary/aromatic N) is 1. The van der Waals surface area contributed by atoms with E-state index in [9.17, 15) is 4.79 Å². The molecule has 2 rings (SSSR count). The second-order valence-corrected chi connectivity index (χ2v) is 5.64. The molecule has 2 aromatic rings. The minimum atomic E-state index is -0.895. The monoisotopic (exact) mass is 346 g/mol. The fourth-order valence-electron chi connectivity index (χ4n) is 1.31. The van der Waals surface area contributed by atoms with Gasteiger partial charge in [0, 0.05) is 9.85 Å². The van der Waals surface area contributed by atoms with E-state index < -0.39 is 5.97 Å². The first-order valence-corrected chi connectivity index (χ1v) is 6.98. The zero-order valence-corrected chi connectivity index (χ0v) is 12.1. The summed E-state index contributed by atoms with van der Waals surface area (Å²) in [5, 5.41) is 14.6. The van der Waals surface area contributed by atoms with Crippen LogP contribution in [0.1, 0.15) is 5.69 Å². The van der Waals surface area contributed by atoms with Gasteiger partial charge in [-0.2, -0.15) is 0 Å². The topological polar surface area (TPSA) is 62.2 Å². The minimum Gasteiger partial charge on any atom is -0.481 e. The first-order chi connectivity index (χ1) is 8.54. The highest BCUT2D eigenvalue weighted by atomic mass is 79.9. The summed E-state index contributed by atoms with van der Waals surface area (Å²) < 4.78 is 0.892.